The first-order chi connectivity index (χ1) is 15.8. The van der Waals surface area contributed by atoms with E-state index >= 15 is 0 Å². The number of aromatic nitrogens is 2. The van der Waals surface area contributed by atoms with Gasteiger partial charge in [0.05, 0.1) is 5.52 Å². The number of aliphatic carboxylic acids is 1. The highest BCUT2D eigenvalue weighted by atomic mass is 19.4. The zero-order valence-corrected chi connectivity index (χ0v) is 17.6. The average Bonchev–Trinajstić information content (AvgIpc) is 3.48. The van der Waals surface area contributed by atoms with Crippen molar-refractivity contribution in [3.05, 3.63) is 42.7 Å². The summed E-state index contributed by atoms with van der Waals surface area (Å²) in [5, 5.41) is 11.7. The lowest BCUT2D eigenvalue weighted by Gasteiger charge is -2.13. The minimum atomic E-state index is -5.08. The number of benzene rings is 2. The van der Waals surface area contributed by atoms with Crippen molar-refractivity contribution in [3.63, 3.8) is 0 Å². The third-order valence-electron chi connectivity index (χ3n) is 5.62. The highest BCUT2D eigenvalue weighted by Gasteiger charge is 2.38. The molecular formula is C23H22F3N3O4. The van der Waals surface area contributed by atoms with Gasteiger partial charge in [-0.3, -0.25) is 0 Å². The molecule has 1 saturated carbocycles. The van der Waals surface area contributed by atoms with Crippen molar-refractivity contribution >= 4 is 22.7 Å². The van der Waals surface area contributed by atoms with Crippen molar-refractivity contribution in [3.8, 4) is 22.6 Å². The van der Waals surface area contributed by atoms with E-state index in [1.54, 1.807) is 6.33 Å². The number of hydrogen-bond donors (Lipinski definition) is 2. The number of nitrogens with one attached hydrogen (secondary N) is 1. The van der Waals surface area contributed by atoms with Gasteiger partial charge in [0.25, 0.3) is 0 Å². The summed E-state index contributed by atoms with van der Waals surface area (Å²) < 4.78 is 42.7. The number of halogens is 3. The number of alkyl halides is 3. The maximum absolute atomic E-state index is 10.6. The minimum absolute atomic E-state index is 0.291. The summed E-state index contributed by atoms with van der Waals surface area (Å²) in [5.41, 5.74) is 3.18. The van der Waals surface area contributed by atoms with E-state index in [2.05, 4.69) is 39.6 Å². The smallest absolute Gasteiger partial charge is 0.475 e. The Morgan fingerprint density at radius 1 is 1.03 bits per heavy atom. The molecule has 1 aliphatic heterocycles. The number of fused-ring (bicyclic) bond motifs is 2. The van der Waals surface area contributed by atoms with E-state index < -0.39 is 12.1 Å². The third kappa shape index (κ3) is 5.44. The highest BCUT2D eigenvalue weighted by Crippen LogP contribution is 2.37. The largest absolute Gasteiger partial charge is 0.490 e. The SMILES string of the molecule is O=C(O)C(F)(F)F.c1nc(NCC2CCCC2)c2cc(-c3ccc4c(c3)OCO4)ccc2n1. The van der Waals surface area contributed by atoms with E-state index in [0.29, 0.717) is 6.79 Å². The molecule has 33 heavy (non-hydrogen) atoms. The Kier molecular flexibility index (Phi) is 6.52. The summed E-state index contributed by atoms with van der Waals surface area (Å²) in [7, 11) is 0. The zero-order valence-electron chi connectivity index (χ0n) is 17.6. The predicted octanol–water partition coefficient (Wildman–Crippen LogP) is 5.26. The molecule has 5 rings (SSSR count). The van der Waals surface area contributed by atoms with Gasteiger partial charge in [-0.05, 0) is 54.2 Å². The van der Waals surface area contributed by atoms with Gasteiger partial charge in [-0.15, -0.1) is 0 Å². The van der Waals surface area contributed by atoms with E-state index in [9.17, 15) is 13.2 Å². The predicted molar refractivity (Wildman–Crippen MR) is 115 cm³/mol. The average molecular weight is 461 g/mol. The fourth-order valence-electron chi connectivity index (χ4n) is 3.91. The first kappa shape index (κ1) is 22.6. The molecule has 2 N–H and O–H groups in total. The van der Waals surface area contributed by atoms with E-state index in [4.69, 9.17) is 19.4 Å². The molecule has 10 heteroatoms. The normalized spacial score (nSPS) is 15.2. The van der Waals surface area contributed by atoms with Gasteiger partial charge in [0.2, 0.25) is 6.79 Å². The molecule has 2 aromatic carbocycles. The molecule has 7 nitrogen and oxygen atoms in total. The molecule has 0 unspecified atom stereocenters. The van der Waals surface area contributed by atoms with Crippen LogP contribution in [-0.2, 0) is 4.79 Å². The fraction of sp³-hybridized carbons (Fsp3) is 0.348. The number of carboxylic acids is 1. The van der Waals surface area contributed by atoms with Crippen molar-refractivity contribution < 1.29 is 32.5 Å². The van der Waals surface area contributed by atoms with Gasteiger partial charge in [0, 0.05) is 11.9 Å². The molecule has 174 valence electrons. The Hall–Kier alpha value is -3.56. The first-order valence-electron chi connectivity index (χ1n) is 10.5. The number of ether oxygens (including phenoxy) is 2. The lowest BCUT2D eigenvalue weighted by Crippen LogP contribution is -2.21. The van der Waals surface area contributed by atoms with E-state index in [1.807, 2.05) is 12.1 Å². The lowest BCUT2D eigenvalue weighted by atomic mass is 10.0. The molecule has 2 heterocycles. The maximum atomic E-state index is 10.6. The zero-order chi connectivity index (χ0) is 23.4. The number of anilines is 1. The second kappa shape index (κ2) is 9.51. The van der Waals surface area contributed by atoms with Crippen LogP contribution in [0.1, 0.15) is 25.7 Å². The summed E-state index contributed by atoms with van der Waals surface area (Å²) in [6.07, 6.45) is 1.90. The molecule has 0 radical (unpaired) electrons. The van der Waals surface area contributed by atoms with Crippen molar-refractivity contribution in [1.82, 2.24) is 9.97 Å². The van der Waals surface area contributed by atoms with Crippen molar-refractivity contribution in [2.75, 3.05) is 18.7 Å². The highest BCUT2D eigenvalue weighted by molar-refractivity contribution is 5.92. The number of carbonyl (C=O) groups is 1. The first-order valence-corrected chi connectivity index (χ1v) is 10.5. The Bertz CT molecular complexity index is 1150. The van der Waals surface area contributed by atoms with Gasteiger partial charge >= 0.3 is 12.1 Å². The molecule has 0 spiro atoms. The van der Waals surface area contributed by atoms with Crippen LogP contribution in [-0.4, -0.2) is 40.6 Å². The number of rotatable bonds is 4. The van der Waals surface area contributed by atoms with Crippen molar-refractivity contribution in [2.45, 2.75) is 31.9 Å². The standard InChI is InChI=1S/C21H21N3O2.C2HF3O2/c1-2-4-14(3-1)11-22-21-17-9-15(5-7-18(17)23-12-24-21)16-6-8-19-20(10-16)26-13-25-19;3-2(4,5)1(6)7/h5-10,12,14H,1-4,11,13H2,(H,22,23,24);(H,6,7). The van der Waals surface area contributed by atoms with Crippen LogP contribution < -0.4 is 14.8 Å². The van der Waals surface area contributed by atoms with Crippen LogP contribution in [0.3, 0.4) is 0 Å². The van der Waals surface area contributed by atoms with Crippen LogP contribution in [0.5, 0.6) is 11.5 Å². The molecular weight excluding hydrogens is 439 g/mol. The molecule has 0 amide bonds. The van der Waals surface area contributed by atoms with Crippen LogP contribution in [0.25, 0.3) is 22.0 Å². The summed E-state index contributed by atoms with van der Waals surface area (Å²) in [6.45, 7) is 1.28. The van der Waals surface area contributed by atoms with E-state index in [0.717, 1.165) is 51.8 Å². The summed E-state index contributed by atoms with van der Waals surface area (Å²) in [5.74, 6) is 0.525. The van der Waals surface area contributed by atoms with Crippen LogP contribution in [0, 0.1) is 5.92 Å². The number of nitrogens with zero attached hydrogens (tertiary/aromatic N) is 2. The Labute approximate surface area is 187 Å². The minimum Gasteiger partial charge on any atom is -0.475 e. The van der Waals surface area contributed by atoms with Gasteiger partial charge < -0.3 is 19.9 Å². The lowest BCUT2D eigenvalue weighted by molar-refractivity contribution is -0.192. The van der Waals surface area contributed by atoms with Gasteiger partial charge in [-0.2, -0.15) is 13.2 Å². The Morgan fingerprint density at radius 3 is 2.42 bits per heavy atom. The number of hydrogen-bond acceptors (Lipinski definition) is 6. The maximum Gasteiger partial charge on any atom is 0.490 e. The molecule has 1 aromatic heterocycles. The summed E-state index contributed by atoms with van der Waals surface area (Å²) in [6, 6.07) is 12.3. The van der Waals surface area contributed by atoms with Gasteiger partial charge in [0.15, 0.2) is 11.5 Å². The molecule has 1 fully saturated rings. The van der Waals surface area contributed by atoms with Crippen LogP contribution in [0.2, 0.25) is 0 Å². The van der Waals surface area contributed by atoms with Crippen LogP contribution in [0.15, 0.2) is 42.7 Å². The molecule has 0 bridgehead atoms. The fourth-order valence-corrected chi connectivity index (χ4v) is 3.91. The van der Waals surface area contributed by atoms with Crippen molar-refractivity contribution in [2.24, 2.45) is 5.92 Å². The third-order valence-corrected chi connectivity index (χ3v) is 5.62. The van der Waals surface area contributed by atoms with Gasteiger partial charge in [-0.25, -0.2) is 14.8 Å². The Balaban J connectivity index is 0.000000325. The van der Waals surface area contributed by atoms with Gasteiger partial charge in [-0.1, -0.05) is 25.0 Å². The molecule has 1 aliphatic carbocycles. The molecule has 0 saturated heterocycles. The van der Waals surface area contributed by atoms with Crippen molar-refractivity contribution in [1.29, 1.82) is 0 Å². The van der Waals surface area contributed by atoms with Gasteiger partial charge in [0.1, 0.15) is 12.1 Å². The summed E-state index contributed by atoms with van der Waals surface area (Å²) in [4.78, 5) is 17.8. The Morgan fingerprint density at radius 2 is 1.70 bits per heavy atom. The van der Waals surface area contributed by atoms with E-state index in [-0.39, 0.29) is 0 Å². The second-order valence-corrected chi connectivity index (χ2v) is 7.86. The van der Waals surface area contributed by atoms with E-state index in [1.165, 1.54) is 25.7 Å². The second-order valence-electron chi connectivity index (χ2n) is 7.86. The summed E-state index contributed by atoms with van der Waals surface area (Å²) >= 11 is 0. The van der Waals surface area contributed by atoms with Crippen LogP contribution >= 0.6 is 0 Å². The quantitative estimate of drug-likeness (QED) is 0.547. The molecule has 2 aliphatic rings. The molecule has 3 aromatic rings. The topological polar surface area (TPSA) is 93.6 Å². The molecule has 0 atom stereocenters. The monoisotopic (exact) mass is 461 g/mol. The number of carboxylic acid groups (broad SMARTS) is 1. The van der Waals surface area contributed by atoms with Crippen LogP contribution in [0.4, 0.5) is 19.0 Å².